The molecule has 2 aromatic heterocycles. The van der Waals surface area contributed by atoms with E-state index in [9.17, 15) is 0 Å². The van der Waals surface area contributed by atoms with Gasteiger partial charge in [-0.15, -0.1) is 34.2 Å². The number of ether oxygens (including phenoxy) is 1. The predicted octanol–water partition coefficient (Wildman–Crippen LogP) is 0.786. The highest BCUT2D eigenvalue weighted by Crippen LogP contribution is 2.00. The summed E-state index contributed by atoms with van der Waals surface area (Å²) in [6.07, 6.45) is 5.82. The number of aromatic nitrogens is 5. The van der Waals surface area contributed by atoms with Crippen LogP contribution >= 0.6 is 24.0 Å². The fraction of sp³-hybridized carbons (Fsp3) is 0.684. The van der Waals surface area contributed by atoms with E-state index in [-0.39, 0.29) is 24.0 Å². The zero-order valence-electron chi connectivity index (χ0n) is 18.0. The second-order valence-electron chi connectivity index (χ2n) is 7.17. The zero-order valence-corrected chi connectivity index (χ0v) is 20.3. The Morgan fingerprint density at radius 1 is 1.13 bits per heavy atom. The van der Waals surface area contributed by atoms with Gasteiger partial charge in [0.05, 0.1) is 13.2 Å². The summed E-state index contributed by atoms with van der Waals surface area (Å²) in [5.74, 6) is 2.56. The molecule has 0 spiro atoms. The highest BCUT2D eigenvalue weighted by atomic mass is 127. The van der Waals surface area contributed by atoms with E-state index in [0.29, 0.717) is 6.54 Å². The van der Waals surface area contributed by atoms with Crippen LogP contribution in [0.5, 0.6) is 0 Å². The number of halogens is 1. The standard InChI is InChI=1S/C19H33N9O.HI/c1-17-24-25-18(26(17)2)16-22-19(21-7-4-10-28-11-5-8-23-28)20-6-3-9-27-12-14-29-15-13-27;/h5,8,11H,3-4,6-7,9-10,12-16H2,1-2H3,(H2,20,21,22);1H. The van der Waals surface area contributed by atoms with Gasteiger partial charge in [-0.3, -0.25) is 9.58 Å². The van der Waals surface area contributed by atoms with Crippen LogP contribution < -0.4 is 10.6 Å². The highest BCUT2D eigenvalue weighted by molar-refractivity contribution is 14.0. The minimum absolute atomic E-state index is 0. The van der Waals surface area contributed by atoms with Gasteiger partial charge in [0, 0.05) is 52.2 Å². The van der Waals surface area contributed by atoms with Gasteiger partial charge in [-0.05, 0) is 32.4 Å². The molecule has 2 aromatic rings. The third-order valence-corrected chi connectivity index (χ3v) is 5.02. The van der Waals surface area contributed by atoms with Gasteiger partial charge < -0.3 is 19.9 Å². The van der Waals surface area contributed by atoms with Crippen molar-refractivity contribution in [2.24, 2.45) is 12.0 Å². The first-order valence-electron chi connectivity index (χ1n) is 10.4. The van der Waals surface area contributed by atoms with Crippen molar-refractivity contribution in [3.8, 4) is 0 Å². The van der Waals surface area contributed by atoms with E-state index < -0.39 is 0 Å². The number of hydrogen-bond acceptors (Lipinski definition) is 6. The maximum Gasteiger partial charge on any atom is 0.191 e. The molecule has 0 saturated carbocycles. The van der Waals surface area contributed by atoms with Crippen LogP contribution in [0.4, 0.5) is 0 Å². The summed E-state index contributed by atoms with van der Waals surface area (Å²) in [6.45, 7) is 9.83. The monoisotopic (exact) mass is 531 g/mol. The third kappa shape index (κ3) is 8.19. The molecular weight excluding hydrogens is 497 g/mol. The Kier molecular flexibility index (Phi) is 11.1. The Bertz CT molecular complexity index is 741. The van der Waals surface area contributed by atoms with E-state index in [2.05, 4.69) is 30.8 Å². The van der Waals surface area contributed by atoms with E-state index >= 15 is 0 Å². The lowest BCUT2D eigenvalue weighted by Gasteiger charge is -2.26. The minimum Gasteiger partial charge on any atom is -0.379 e. The normalized spacial score (nSPS) is 15.1. The van der Waals surface area contributed by atoms with Gasteiger partial charge in [-0.25, -0.2) is 4.99 Å². The molecule has 0 bridgehead atoms. The first-order chi connectivity index (χ1) is 14.2. The van der Waals surface area contributed by atoms with Crippen molar-refractivity contribution in [2.75, 3.05) is 45.9 Å². The fourth-order valence-electron chi connectivity index (χ4n) is 3.13. The molecule has 1 fully saturated rings. The van der Waals surface area contributed by atoms with Crippen LogP contribution in [0.1, 0.15) is 24.5 Å². The summed E-state index contributed by atoms with van der Waals surface area (Å²) in [5.41, 5.74) is 0. The molecule has 2 N–H and O–H groups in total. The van der Waals surface area contributed by atoms with Crippen LogP contribution in [0.3, 0.4) is 0 Å². The summed E-state index contributed by atoms with van der Waals surface area (Å²) in [4.78, 5) is 7.15. The largest absolute Gasteiger partial charge is 0.379 e. The van der Waals surface area contributed by atoms with Gasteiger partial charge in [0.15, 0.2) is 11.8 Å². The lowest BCUT2D eigenvalue weighted by molar-refractivity contribution is 0.0376. The Morgan fingerprint density at radius 2 is 1.87 bits per heavy atom. The van der Waals surface area contributed by atoms with Crippen LogP contribution in [-0.2, 0) is 24.9 Å². The van der Waals surface area contributed by atoms with Gasteiger partial charge in [0.1, 0.15) is 12.4 Å². The van der Waals surface area contributed by atoms with Crippen molar-refractivity contribution in [3.05, 3.63) is 30.1 Å². The van der Waals surface area contributed by atoms with Gasteiger partial charge in [0.2, 0.25) is 0 Å². The SMILES string of the molecule is Cc1nnc(CN=C(NCCCN2CCOCC2)NCCCn2cccn2)n1C.I. The number of aryl methyl sites for hydroxylation is 2. The molecular formula is C19H34IN9O. The van der Waals surface area contributed by atoms with Crippen molar-refractivity contribution in [3.63, 3.8) is 0 Å². The lowest BCUT2D eigenvalue weighted by Crippen LogP contribution is -2.41. The molecule has 1 aliphatic rings. The van der Waals surface area contributed by atoms with Gasteiger partial charge in [0.25, 0.3) is 0 Å². The summed E-state index contributed by atoms with van der Waals surface area (Å²) in [6, 6.07) is 1.94. The second-order valence-corrected chi connectivity index (χ2v) is 7.17. The van der Waals surface area contributed by atoms with Crippen molar-refractivity contribution >= 4 is 29.9 Å². The minimum atomic E-state index is 0. The van der Waals surface area contributed by atoms with Crippen LogP contribution in [0.2, 0.25) is 0 Å². The molecule has 10 nitrogen and oxygen atoms in total. The number of nitrogens with one attached hydrogen (secondary N) is 2. The van der Waals surface area contributed by atoms with E-state index in [1.807, 2.05) is 35.5 Å². The average Bonchev–Trinajstić information content (AvgIpc) is 3.37. The van der Waals surface area contributed by atoms with Crippen molar-refractivity contribution < 1.29 is 4.74 Å². The van der Waals surface area contributed by atoms with Crippen molar-refractivity contribution in [1.82, 2.24) is 40.1 Å². The first kappa shape index (κ1) is 24.5. The van der Waals surface area contributed by atoms with Gasteiger partial charge in [-0.1, -0.05) is 0 Å². The number of aliphatic imine (C=N–C) groups is 1. The Hall–Kier alpha value is -1.73. The molecule has 0 unspecified atom stereocenters. The number of hydrogen-bond donors (Lipinski definition) is 2. The first-order valence-corrected chi connectivity index (χ1v) is 10.4. The molecule has 1 aliphatic heterocycles. The summed E-state index contributed by atoms with van der Waals surface area (Å²) < 4.78 is 9.32. The van der Waals surface area contributed by atoms with Crippen molar-refractivity contribution in [2.45, 2.75) is 32.9 Å². The molecule has 0 atom stereocenters. The summed E-state index contributed by atoms with van der Waals surface area (Å²) in [5, 5.41) is 19.4. The quantitative estimate of drug-likeness (QED) is 0.203. The molecule has 0 aliphatic carbocycles. The highest BCUT2D eigenvalue weighted by Gasteiger charge is 2.09. The lowest BCUT2D eigenvalue weighted by atomic mass is 10.3. The Labute approximate surface area is 195 Å². The number of guanidine groups is 1. The molecule has 168 valence electrons. The predicted molar refractivity (Wildman–Crippen MR) is 127 cm³/mol. The van der Waals surface area contributed by atoms with Gasteiger partial charge >= 0.3 is 0 Å². The molecule has 0 aromatic carbocycles. The molecule has 0 amide bonds. The number of nitrogens with zero attached hydrogens (tertiary/aromatic N) is 7. The van der Waals surface area contributed by atoms with Crippen LogP contribution in [0, 0.1) is 6.92 Å². The maximum absolute atomic E-state index is 5.41. The number of morpholine rings is 1. The molecule has 30 heavy (non-hydrogen) atoms. The smallest absolute Gasteiger partial charge is 0.191 e. The van der Waals surface area contributed by atoms with Crippen LogP contribution in [0.15, 0.2) is 23.5 Å². The zero-order chi connectivity index (χ0) is 20.3. The van der Waals surface area contributed by atoms with Crippen LogP contribution in [0.25, 0.3) is 0 Å². The molecule has 0 radical (unpaired) electrons. The van der Waals surface area contributed by atoms with E-state index in [1.54, 1.807) is 6.20 Å². The number of rotatable bonds is 10. The topological polar surface area (TPSA) is 97.4 Å². The van der Waals surface area contributed by atoms with Crippen LogP contribution in [-0.4, -0.2) is 81.3 Å². The third-order valence-electron chi connectivity index (χ3n) is 5.02. The van der Waals surface area contributed by atoms with Gasteiger partial charge in [-0.2, -0.15) is 5.10 Å². The molecule has 11 heteroatoms. The molecule has 3 rings (SSSR count). The molecule has 3 heterocycles. The van der Waals surface area contributed by atoms with E-state index in [4.69, 9.17) is 9.73 Å². The fourth-order valence-corrected chi connectivity index (χ4v) is 3.13. The van der Waals surface area contributed by atoms with Crippen molar-refractivity contribution in [1.29, 1.82) is 0 Å². The van der Waals surface area contributed by atoms with E-state index in [0.717, 1.165) is 82.9 Å². The second kappa shape index (κ2) is 13.5. The molecule has 1 saturated heterocycles. The summed E-state index contributed by atoms with van der Waals surface area (Å²) >= 11 is 0. The summed E-state index contributed by atoms with van der Waals surface area (Å²) in [7, 11) is 1.97. The Morgan fingerprint density at radius 3 is 2.50 bits per heavy atom. The van der Waals surface area contributed by atoms with E-state index in [1.165, 1.54) is 0 Å². The Balaban J connectivity index is 0.00000320. The average molecular weight is 531 g/mol. The maximum atomic E-state index is 5.41.